The number of carbonyl (C=O) groups is 1. The number of carbonyl (C=O) groups excluding carboxylic acids is 1. The molecule has 9 nitrogen and oxygen atoms in total. The lowest BCUT2D eigenvalue weighted by Gasteiger charge is -2.30. The molecular formula is C27H29N7O2S. The van der Waals surface area contributed by atoms with E-state index in [1.807, 2.05) is 49.4 Å². The molecule has 2 N–H and O–H groups in total. The van der Waals surface area contributed by atoms with E-state index in [9.17, 15) is 4.79 Å². The van der Waals surface area contributed by atoms with Gasteiger partial charge in [-0.3, -0.25) is 15.1 Å². The minimum Gasteiger partial charge on any atom is -0.468 e. The number of hydrogen-bond acceptors (Lipinski definition) is 9. The van der Waals surface area contributed by atoms with Gasteiger partial charge in [0.1, 0.15) is 11.1 Å². The van der Waals surface area contributed by atoms with Crippen LogP contribution in [-0.4, -0.2) is 57.2 Å². The molecular weight excluding hydrogens is 486 g/mol. The third kappa shape index (κ3) is 6.28. The first-order valence-electron chi connectivity index (χ1n) is 12.3. The number of anilines is 2. The summed E-state index contributed by atoms with van der Waals surface area (Å²) in [5.41, 5.74) is 3.07. The van der Waals surface area contributed by atoms with Gasteiger partial charge in [0.2, 0.25) is 11.0 Å². The lowest BCUT2D eigenvalue weighted by molar-refractivity contribution is 0.102. The van der Waals surface area contributed by atoms with E-state index < -0.39 is 0 Å². The molecule has 4 heterocycles. The predicted molar refractivity (Wildman–Crippen MR) is 145 cm³/mol. The van der Waals surface area contributed by atoms with Crippen molar-refractivity contribution in [3.05, 3.63) is 78.2 Å². The van der Waals surface area contributed by atoms with Gasteiger partial charge in [-0.05, 0) is 63.7 Å². The molecule has 0 bridgehead atoms. The highest BCUT2D eigenvalue weighted by Gasteiger charge is 2.21. The van der Waals surface area contributed by atoms with Crippen LogP contribution < -0.4 is 15.4 Å². The number of benzene rings is 1. The zero-order chi connectivity index (χ0) is 25.6. The number of aromatic nitrogens is 4. The van der Waals surface area contributed by atoms with Crippen molar-refractivity contribution < 1.29 is 9.53 Å². The van der Waals surface area contributed by atoms with E-state index in [1.165, 1.54) is 17.5 Å². The minimum absolute atomic E-state index is 0.195. The molecule has 3 aromatic heterocycles. The van der Waals surface area contributed by atoms with Crippen molar-refractivity contribution in [3.63, 3.8) is 0 Å². The first-order valence-corrected chi connectivity index (χ1v) is 13.1. The second kappa shape index (κ2) is 11.4. The predicted octanol–water partition coefficient (Wildman–Crippen LogP) is 4.89. The fourth-order valence-corrected chi connectivity index (χ4v) is 4.90. The number of pyridine rings is 2. The van der Waals surface area contributed by atoms with Gasteiger partial charge in [-0.15, -0.1) is 10.2 Å². The topological polar surface area (TPSA) is 105 Å². The largest absolute Gasteiger partial charge is 0.468 e. The number of piperidine rings is 1. The van der Waals surface area contributed by atoms with E-state index in [-0.39, 0.29) is 18.1 Å². The zero-order valence-electron chi connectivity index (χ0n) is 20.8. The summed E-state index contributed by atoms with van der Waals surface area (Å²) in [6.07, 6.45) is 6.74. The van der Waals surface area contributed by atoms with Crippen LogP contribution in [-0.2, 0) is 0 Å². The third-order valence-electron chi connectivity index (χ3n) is 6.32. The summed E-state index contributed by atoms with van der Waals surface area (Å²) in [5.74, 6) is 0.168. The monoisotopic (exact) mass is 515 g/mol. The van der Waals surface area contributed by atoms with Crippen molar-refractivity contribution in [2.24, 2.45) is 0 Å². The standard InChI is InChI=1S/C27H29N7O2S/c1-18(19-6-4-3-5-7-19)36-25-23(30-22-10-14-34(2)15-11-22)16-21(17-29-25)24(35)31-27-33-32-26(37-27)20-8-12-28-13-9-20/h3-9,12-13,16-18,22,30H,10-11,14-15H2,1-2H3,(H,31,33,35). The van der Waals surface area contributed by atoms with E-state index >= 15 is 0 Å². The maximum Gasteiger partial charge on any atom is 0.259 e. The average molecular weight is 516 g/mol. The molecule has 1 aliphatic rings. The summed E-state index contributed by atoms with van der Waals surface area (Å²) in [7, 11) is 2.13. The highest BCUT2D eigenvalue weighted by molar-refractivity contribution is 7.18. The SMILES string of the molecule is CC(Oc1ncc(C(=O)Nc2nnc(-c3ccncc3)s2)cc1NC1CCN(C)CC1)c1ccccc1. The van der Waals surface area contributed by atoms with Crippen molar-refractivity contribution in [1.82, 2.24) is 25.1 Å². The van der Waals surface area contributed by atoms with Gasteiger partial charge in [-0.1, -0.05) is 41.7 Å². The number of likely N-dealkylation sites (tertiary alicyclic amines) is 1. The highest BCUT2D eigenvalue weighted by atomic mass is 32.1. The molecule has 0 saturated carbocycles. The van der Waals surface area contributed by atoms with Gasteiger partial charge in [0.25, 0.3) is 5.91 Å². The van der Waals surface area contributed by atoms with Crippen LogP contribution in [0.3, 0.4) is 0 Å². The highest BCUT2D eigenvalue weighted by Crippen LogP contribution is 2.31. The summed E-state index contributed by atoms with van der Waals surface area (Å²) >= 11 is 1.30. The van der Waals surface area contributed by atoms with Crippen LogP contribution in [0.4, 0.5) is 10.8 Å². The van der Waals surface area contributed by atoms with Gasteiger partial charge in [0.05, 0.1) is 11.3 Å². The van der Waals surface area contributed by atoms with Crippen LogP contribution in [0, 0.1) is 0 Å². The number of amides is 1. The molecule has 0 aliphatic carbocycles. The van der Waals surface area contributed by atoms with Gasteiger partial charge in [-0.2, -0.15) is 0 Å². The van der Waals surface area contributed by atoms with Crippen LogP contribution in [0.15, 0.2) is 67.1 Å². The van der Waals surface area contributed by atoms with Gasteiger partial charge >= 0.3 is 0 Å². The summed E-state index contributed by atoms with van der Waals surface area (Å²) in [6.45, 7) is 4.02. The van der Waals surface area contributed by atoms with E-state index in [0.717, 1.165) is 37.1 Å². The van der Waals surface area contributed by atoms with E-state index in [4.69, 9.17) is 4.74 Å². The molecule has 0 spiro atoms. The number of ether oxygens (including phenoxy) is 1. The smallest absolute Gasteiger partial charge is 0.259 e. The first-order chi connectivity index (χ1) is 18.0. The molecule has 1 atom stereocenters. The molecule has 1 fully saturated rings. The number of nitrogens with zero attached hydrogens (tertiary/aromatic N) is 5. The maximum atomic E-state index is 13.1. The van der Waals surface area contributed by atoms with Crippen LogP contribution in [0.5, 0.6) is 5.88 Å². The molecule has 5 rings (SSSR count). The number of rotatable bonds is 8. The second-order valence-corrected chi connectivity index (χ2v) is 10.0. The zero-order valence-corrected chi connectivity index (χ0v) is 21.6. The molecule has 10 heteroatoms. The van der Waals surface area contributed by atoms with E-state index in [2.05, 4.69) is 42.7 Å². The van der Waals surface area contributed by atoms with Gasteiger partial charge in [0.15, 0.2) is 0 Å². The van der Waals surface area contributed by atoms with Crippen LogP contribution in [0.25, 0.3) is 10.6 Å². The molecule has 1 aromatic carbocycles. The molecule has 190 valence electrons. The molecule has 1 amide bonds. The lowest BCUT2D eigenvalue weighted by Crippen LogP contribution is -2.36. The Morgan fingerprint density at radius 1 is 1.11 bits per heavy atom. The average Bonchev–Trinajstić information content (AvgIpc) is 3.40. The summed E-state index contributed by atoms with van der Waals surface area (Å²) < 4.78 is 6.26. The second-order valence-electron chi connectivity index (χ2n) is 9.07. The number of hydrogen-bond donors (Lipinski definition) is 2. The third-order valence-corrected chi connectivity index (χ3v) is 7.21. The Kier molecular flexibility index (Phi) is 7.67. The molecule has 1 unspecified atom stereocenters. The number of nitrogens with one attached hydrogen (secondary N) is 2. The molecule has 1 aliphatic heterocycles. The van der Waals surface area contributed by atoms with Crippen molar-refractivity contribution >= 4 is 28.1 Å². The Labute approximate surface area is 220 Å². The Bertz CT molecular complexity index is 1330. The van der Waals surface area contributed by atoms with Gasteiger partial charge in [0, 0.05) is 30.2 Å². The molecule has 1 saturated heterocycles. The Hall–Kier alpha value is -3.89. The Morgan fingerprint density at radius 3 is 2.62 bits per heavy atom. The molecule has 4 aromatic rings. The maximum absolute atomic E-state index is 13.1. The molecule has 37 heavy (non-hydrogen) atoms. The summed E-state index contributed by atoms with van der Waals surface area (Å²) in [6, 6.07) is 15.8. The van der Waals surface area contributed by atoms with Crippen molar-refractivity contribution in [3.8, 4) is 16.5 Å². The van der Waals surface area contributed by atoms with E-state index in [0.29, 0.717) is 27.3 Å². The summed E-state index contributed by atoms with van der Waals surface area (Å²) in [5, 5.41) is 15.9. The lowest BCUT2D eigenvalue weighted by atomic mass is 10.1. The van der Waals surface area contributed by atoms with Crippen molar-refractivity contribution in [1.29, 1.82) is 0 Å². The van der Waals surface area contributed by atoms with Crippen molar-refractivity contribution in [2.45, 2.75) is 31.9 Å². The van der Waals surface area contributed by atoms with Crippen LogP contribution in [0.2, 0.25) is 0 Å². The quantitative estimate of drug-likeness (QED) is 0.342. The van der Waals surface area contributed by atoms with Crippen LogP contribution >= 0.6 is 11.3 Å². The Morgan fingerprint density at radius 2 is 1.86 bits per heavy atom. The first kappa shape index (κ1) is 24.8. The molecule has 0 radical (unpaired) electrons. The Balaban J connectivity index is 1.35. The van der Waals surface area contributed by atoms with Crippen molar-refractivity contribution in [2.75, 3.05) is 30.8 Å². The minimum atomic E-state index is -0.306. The van der Waals surface area contributed by atoms with E-state index in [1.54, 1.807) is 18.5 Å². The van der Waals surface area contributed by atoms with Gasteiger partial charge < -0.3 is 15.0 Å². The fraction of sp³-hybridized carbons (Fsp3) is 0.296. The summed E-state index contributed by atoms with van der Waals surface area (Å²) in [4.78, 5) is 24.0. The fourth-order valence-electron chi connectivity index (χ4n) is 4.16. The van der Waals surface area contributed by atoms with Gasteiger partial charge in [-0.25, -0.2) is 4.98 Å². The normalized spacial score (nSPS) is 15.2. The van der Waals surface area contributed by atoms with Crippen LogP contribution in [0.1, 0.15) is 41.8 Å².